The van der Waals surface area contributed by atoms with Gasteiger partial charge in [0.05, 0.1) is 6.04 Å². The second kappa shape index (κ2) is 6.72. The number of rotatable bonds is 6. The Kier molecular flexibility index (Phi) is 4.72. The van der Waals surface area contributed by atoms with Crippen molar-refractivity contribution in [2.75, 3.05) is 12.3 Å². The van der Waals surface area contributed by atoms with E-state index < -0.39 is 0 Å². The van der Waals surface area contributed by atoms with Crippen LogP contribution in [0.15, 0.2) is 48.7 Å². The summed E-state index contributed by atoms with van der Waals surface area (Å²) >= 11 is 0. The van der Waals surface area contributed by atoms with Gasteiger partial charge in [-0.3, -0.25) is 11.3 Å². The maximum atomic E-state index is 5.81. The number of benzene rings is 1. The highest BCUT2D eigenvalue weighted by Crippen LogP contribution is 2.12. The smallest absolute Gasteiger partial charge is 0.126 e. The molecular weight excluding hydrogens is 240 g/mol. The third kappa shape index (κ3) is 3.94. The minimum atomic E-state index is -0.0216. The molecule has 0 saturated heterocycles. The summed E-state index contributed by atoms with van der Waals surface area (Å²) in [5, 5.41) is 0. The van der Waals surface area contributed by atoms with Gasteiger partial charge in [-0.15, -0.1) is 0 Å². The third-order valence-electron chi connectivity index (χ3n) is 2.82. The molecule has 1 aromatic heterocycles. The molecule has 0 aliphatic carbocycles. The molecule has 0 spiro atoms. The molecule has 0 fully saturated rings. The quantitative estimate of drug-likeness (QED) is 0.534. The topological polar surface area (TPSA) is 86.2 Å². The van der Waals surface area contributed by atoms with Crippen molar-refractivity contribution in [3.05, 3.63) is 54.2 Å². The average Bonchev–Trinajstić information content (AvgIpc) is 2.46. The standard InChI is InChI=1S/C14H18N4O/c15-14-11(5-4-8-17-14)9-12(18-16)10-19-13-6-2-1-3-7-13/h1-8,12,18H,9-10,16H2,(H2,15,17). The van der Waals surface area contributed by atoms with Crippen LogP contribution in [0.4, 0.5) is 5.82 Å². The lowest BCUT2D eigenvalue weighted by atomic mass is 10.1. The highest BCUT2D eigenvalue weighted by Gasteiger charge is 2.11. The number of hydrazine groups is 1. The van der Waals surface area contributed by atoms with Crippen molar-refractivity contribution in [2.45, 2.75) is 12.5 Å². The molecule has 1 aromatic carbocycles. The van der Waals surface area contributed by atoms with Gasteiger partial charge in [0.2, 0.25) is 0 Å². The molecule has 1 heterocycles. The van der Waals surface area contributed by atoms with Gasteiger partial charge in [-0.2, -0.15) is 0 Å². The van der Waals surface area contributed by atoms with Gasteiger partial charge in [0.1, 0.15) is 18.2 Å². The fraction of sp³-hybridized carbons (Fsp3) is 0.214. The van der Waals surface area contributed by atoms with Crippen molar-refractivity contribution in [1.82, 2.24) is 10.4 Å². The van der Waals surface area contributed by atoms with E-state index in [1.807, 2.05) is 42.5 Å². The minimum absolute atomic E-state index is 0.0216. The fourth-order valence-electron chi connectivity index (χ4n) is 1.77. The summed E-state index contributed by atoms with van der Waals surface area (Å²) in [6, 6.07) is 13.4. The van der Waals surface area contributed by atoms with Crippen molar-refractivity contribution >= 4 is 5.82 Å². The monoisotopic (exact) mass is 258 g/mol. The van der Waals surface area contributed by atoms with E-state index in [1.54, 1.807) is 6.20 Å². The number of aromatic nitrogens is 1. The molecule has 0 amide bonds. The summed E-state index contributed by atoms with van der Waals surface area (Å²) < 4.78 is 5.67. The lowest BCUT2D eigenvalue weighted by molar-refractivity contribution is 0.264. The van der Waals surface area contributed by atoms with Gasteiger partial charge < -0.3 is 10.5 Å². The van der Waals surface area contributed by atoms with E-state index >= 15 is 0 Å². The summed E-state index contributed by atoms with van der Waals surface area (Å²) in [6.07, 6.45) is 2.34. The van der Waals surface area contributed by atoms with Crippen LogP contribution in [0.2, 0.25) is 0 Å². The zero-order chi connectivity index (χ0) is 13.5. The molecule has 19 heavy (non-hydrogen) atoms. The average molecular weight is 258 g/mol. The summed E-state index contributed by atoms with van der Waals surface area (Å²) in [4.78, 5) is 4.05. The van der Waals surface area contributed by atoms with Crippen LogP contribution in [0.1, 0.15) is 5.56 Å². The molecule has 0 radical (unpaired) electrons. The molecule has 2 aromatic rings. The number of para-hydroxylation sites is 1. The first-order valence-corrected chi connectivity index (χ1v) is 6.13. The predicted octanol–water partition coefficient (Wildman–Crippen LogP) is 1.12. The van der Waals surface area contributed by atoms with Gasteiger partial charge in [0.25, 0.3) is 0 Å². The van der Waals surface area contributed by atoms with Gasteiger partial charge >= 0.3 is 0 Å². The zero-order valence-electron chi connectivity index (χ0n) is 10.6. The molecule has 2 rings (SSSR count). The fourth-order valence-corrected chi connectivity index (χ4v) is 1.77. The van der Waals surface area contributed by atoms with E-state index in [9.17, 15) is 0 Å². The van der Waals surface area contributed by atoms with Crippen molar-refractivity contribution in [3.63, 3.8) is 0 Å². The SMILES string of the molecule is NNC(COc1ccccc1)Cc1cccnc1N. The first-order valence-electron chi connectivity index (χ1n) is 6.13. The van der Waals surface area contributed by atoms with Crippen LogP contribution in [0.3, 0.4) is 0 Å². The molecule has 0 aliphatic heterocycles. The second-order valence-corrected chi connectivity index (χ2v) is 4.24. The number of ether oxygens (including phenoxy) is 1. The molecular formula is C14H18N4O. The molecule has 1 unspecified atom stereocenters. The van der Waals surface area contributed by atoms with Crippen molar-refractivity contribution < 1.29 is 4.74 Å². The number of nitrogens with zero attached hydrogens (tertiary/aromatic N) is 1. The first-order chi connectivity index (χ1) is 9.29. The molecule has 5 nitrogen and oxygen atoms in total. The van der Waals surface area contributed by atoms with Gasteiger partial charge in [-0.1, -0.05) is 24.3 Å². The van der Waals surface area contributed by atoms with Crippen molar-refractivity contribution in [3.8, 4) is 5.75 Å². The van der Waals surface area contributed by atoms with Crippen molar-refractivity contribution in [2.24, 2.45) is 5.84 Å². The number of nitrogen functional groups attached to an aromatic ring is 1. The summed E-state index contributed by atoms with van der Waals surface area (Å²) in [6.45, 7) is 0.467. The Morgan fingerprint density at radius 2 is 1.95 bits per heavy atom. The van der Waals surface area contributed by atoms with Gasteiger partial charge in [-0.25, -0.2) is 4.98 Å². The Morgan fingerprint density at radius 3 is 2.63 bits per heavy atom. The summed E-state index contributed by atoms with van der Waals surface area (Å²) in [5.41, 5.74) is 9.51. The van der Waals surface area contributed by atoms with E-state index in [2.05, 4.69) is 10.4 Å². The van der Waals surface area contributed by atoms with Gasteiger partial charge in [0.15, 0.2) is 0 Å². The Morgan fingerprint density at radius 1 is 1.16 bits per heavy atom. The number of hydrogen-bond acceptors (Lipinski definition) is 5. The Bertz CT molecular complexity index is 504. The van der Waals surface area contributed by atoms with Gasteiger partial charge in [-0.05, 0) is 30.2 Å². The number of pyridine rings is 1. The first kappa shape index (κ1) is 13.3. The lowest BCUT2D eigenvalue weighted by Crippen LogP contribution is -2.41. The van der Waals surface area contributed by atoms with Crippen molar-refractivity contribution in [1.29, 1.82) is 0 Å². The van der Waals surface area contributed by atoms with Crippen LogP contribution in [0.5, 0.6) is 5.75 Å². The Balaban J connectivity index is 1.92. The molecule has 1 atom stereocenters. The number of nitrogens with one attached hydrogen (secondary N) is 1. The van der Waals surface area contributed by atoms with Crippen LogP contribution in [0.25, 0.3) is 0 Å². The van der Waals surface area contributed by atoms with Crippen LogP contribution in [-0.4, -0.2) is 17.6 Å². The van der Waals surface area contributed by atoms with E-state index in [0.717, 1.165) is 11.3 Å². The molecule has 5 N–H and O–H groups in total. The van der Waals surface area contributed by atoms with E-state index in [0.29, 0.717) is 18.8 Å². The number of anilines is 1. The minimum Gasteiger partial charge on any atom is -0.492 e. The highest BCUT2D eigenvalue weighted by molar-refractivity contribution is 5.38. The van der Waals surface area contributed by atoms with Crippen LogP contribution in [-0.2, 0) is 6.42 Å². The number of hydrogen-bond donors (Lipinski definition) is 3. The highest BCUT2D eigenvalue weighted by atomic mass is 16.5. The summed E-state index contributed by atoms with van der Waals surface area (Å²) in [5.74, 6) is 6.89. The molecule has 0 bridgehead atoms. The maximum absolute atomic E-state index is 5.81. The van der Waals surface area contributed by atoms with E-state index in [4.69, 9.17) is 16.3 Å². The molecule has 100 valence electrons. The number of nitrogens with two attached hydrogens (primary N) is 2. The van der Waals surface area contributed by atoms with E-state index in [-0.39, 0.29) is 6.04 Å². The van der Waals surface area contributed by atoms with E-state index in [1.165, 1.54) is 0 Å². The van der Waals surface area contributed by atoms with Crippen LogP contribution in [0, 0.1) is 0 Å². The Hall–Kier alpha value is -2.11. The predicted molar refractivity (Wildman–Crippen MR) is 75.4 cm³/mol. The van der Waals surface area contributed by atoms with Crippen LogP contribution >= 0.6 is 0 Å². The molecule has 0 aliphatic rings. The maximum Gasteiger partial charge on any atom is 0.126 e. The van der Waals surface area contributed by atoms with Gasteiger partial charge in [0, 0.05) is 6.20 Å². The van der Waals surface area contributed by atoms with Crippen LogP contribution < -0.4 is 21.7 Å². The normalized spacial score (nSPS) is 12.1. The Labute approximate surface area is 112 Å². The lowest BCUT2D eigenvalue weighted by Gasteiger charge is -2.17. The molecule has 0 saturated carbocycles. The second-order valence-electron chi connectivity index (χ2n) is 4.24. The zero-order valence-corrected chi connectivity index (χ0v) is 10.6. The third-order valence-corrected chi connectivity index (χ3v) is 2.82. The largest absolute Gasteiger partial charge is 0.492 e. The molecule has 5 heteroatoms. The summed E-state index contributed by atoms with van der Waals surface area (Å²) in [7, 11) is 0.